The molecule has 21 heavy (non-hydrogen) atoms. The van der Waals surface area contributed by atoms with Gasteiger partial charge in [0, 0.05) is 25.3 Å². The maximum atomic E-state index is 12.6. The van der Waals surface area contributed by atoms with Crippen molar-refractivity contribution >= 4 is 16.0 Å². The Labute approximate surface area is 125 Å². The van der Waals surface area contributed by atoms with E-state index in [1.165, 1.54) is 10.5 Å². The summed E-state index contributed by atoms with van der Waals surface area (Å²) < 4.78 is 28.2. The van der Waals surface area contributed by atoms with Crippen LogP contribution in [-0.4, -0.2) is 45.9 Å². The molecule has 0 unspecified atom stereocenters. The van der Waals surface area contributed by atoms with E-state index >= 15 is 0 Å². The zero-order valence-corrected chi connectivity index (χ0v) is 13.7. The van der Waals surface area contributed by atoms with Crippen molar-refractivity contribution in [2.24, 2.45) is 0 Å². The molecule has 1 heterocycles. The number of hydrogen-bond donors (Lipinski definition) is 1. The maximum Gasteiger partial charge on any atom is 0.304 e. The molecule has 0 aliphatic carbocycles. The van der Waals surface area contributed by atoms with Crippen LogP contribution in [0.15, 0.2) is 11.2 Å². The highest BCUT2D eigenvalue weighted by molar-refractivity contribution is 7.89. The van der Waals surface area contributed by atoms with Gasteiger partial charge in [-0.05, 0) is 27.2 Å². The molecule has 7 nitrogen and oxygen atoms in total. The summed E-state index contributed by atoms with van der Waals surface area (Å²) in [5.41, 5.74) is 0. The van der Waals surface area contributed by atoms with Gasteiger partial charge in [0.05, 0.1) is 6.42 Å². The normalized spacial score (nSPS) is 12.3. The van der Waals surface area contributed by atoms with E-state index in [1.807, 2.05) is 6.92 Å². The van der Waals surface area contributed by atoms with Crippen LogP contribution in [0.2, 0.25) is 0 Å². The molecule has 0 spiro atoms. The first-order valence-electron chi connectivity index (χ1n) is 6.97. The molecule has 0 radical (unpaired) electrons. The quantitative estimate of drug-likeness (QED) is 0.784. The molecule has 120 valence electrons. The van der Waals surface area contributed by atoms with E-state index in [0.29, 0.717) is 12.4 Å². The van der Waals surface area contributed by atoms with Crippen LogP contribution in [0.5, 0.6) is 0 Å². The van der Waals surface area contributed by atoms with Crippen LogP contribution < -0.4 is 0 Å². The van der Waals surface area contributed by atoms with E-state index in [9.17, 15) is 13.2 Å². The number of nitrogens with zero attached hydrogens (tertiary/aromatic N) is 3. The van der Waals surface area contributed by atoms with Crippen LogP contribution in [0.3, 0.4) is 0 Å². The molecule has 0 aliphatic heterocycles. The van der Waals surface area contributed by atoms with Crippen LogP contribution in [0.4, 0.5) is 0 Å². The minimum absolute atomic E-state index is 0.0208. The summed E-state index contributed by atoms with van der Waals surface area (Å²) >= 11 is 0. The van der Waals surface area contributed by atoms with Crippen LogP contribution >= 0.6 is 0 Å². The molecule has 0 atom stereocenters. The first kappa shape index (κ1) is 17.6. The summed E-state index contributed by atoms with van der Waals surface area (Å²) in [6.07, 6.45) is 2.17. The van der Waals surface area contributed by atoms with Gasteiger partial charge in [0.2, 0.25) is 0 Å². The molecule has 0 amide bonds. The molecular weight excluding hydrogens is 294 g/mol. The summed E-state index contributed by atoms with van der Waals surface area (Å²) in [7, 11) is -3.78. The SMILES string of the molecule is CCCn1cc(S(=O)(=O)N(CCC(=O)O)C(C)C)nc1C. The minimum atomic E-state index is -3.78. The predicted octanol–water partition coefficient (Wildman–Crippen LogP) is 1.48. The van der Waals surface area contributed by atoms with Crippen LogP contribution in [0.1, 0.15) is 39.4 Å². The molecule has 1 N–H and O–H groups in total. The molecule has 0 saturated heterocycles. The van der Waals surface area contributed by atoms with Gasteiger partial charge in [0.25, 0.3) is 10.0 Å². The Hall–Kier alpha value is -1.41. The first-order chi connectivity index (χ1) is 9.70. The Bertz CT molecular complexity index is 593. The zero-order chi connectivity index (χ0) is 16.2. The molecule has 0 fully saturated rings. The lowest BCUT2D eigenvalue weighted by molar-refractivity contribution is -0.137. The van der Waals surface area contributed by atoms with Crippen molar-refractivity contribution in [2.45, 2.75) is 58.1 Å². The molecule has 1 aromatic heterocycles. The fraction of sp³-hybridized carbons (Fsp3) is 0.692. The third-order valence-electron chi connectivity index (χ3n) is 3.11. The Balaban J connectivity index is 3.10. The number of rotatable bonds is 8. The Morgan fingerprint density at radius 2 is 2.10 bits per heavy atom. The van der Waals surface area contributed by atoms with Gasteiger partial charge in [-0.3, -0.25) is 4.79 Å². The third kappa shape index (κ3) is 4.28. The second-order valence-corrected chi connectivity index (χ2v) is 7.01. The third-order valence-corrected chi connectivity index (χ3v) is 5.06. The van der Waals surface area contributed by atoms with Gasteiger partial charge in [-0.2, -0.15) is 4.31 Å². The zero-order valence-electron chi connectivity index (χ0n) is 12.9. The highest BCUT2D eigenvalue weighted by Gasteiger charge is 2.30. The Morgan fingerprint density at radius 1 is 1.48 bits per heavy atom. The van der Waals surface area contributed by atoms with Gasteiger partial charge in [0.15, 0.2) is 5.03 Å². The number of aliphatic carboxylic acids is 1. The monoisotopic (exact) mass is 317 g/mol. The molecule has 0 aliphatic rings. The minimum Gasteiger partial charge on any atom is -0.481 e. The number of sulfonamides is 1. The van der Waals surface area contributed by atoms with Crippen molar-refractivity contribution in [3.63, 3.8) is 0 Å². The van der Waals surface area contributed by atoms with Crippen molar-refractivity contribution in [3.05, 3.63) is 12.0 Å². The van der Waals surface area contributed by atoms with Crippen LogP contribution in [0.25, 0.3) is 0 Å². The largest absolute Gasteiger partial charge is 0.481 e. The van der Waals surface area contributed by atoms with Gasteiger partial charge in [-0.15, -0.1) is 0 Å². The number of carboxylic acid groups (broad SMARTS) is 1. The van der Waals surface area contributed by atoms with Gasteiger partial charge < -0.3 is 9.67 Å². The van der Waals surface area contributed by atoms with Crippen molar-refractivity contribution in [3.8, 4) is 0 Å². The Kier molecular flexibility index (Phi) is 5.91. The molecule has 0 bridgehead atoms. The molecule has 1 rings (SSSR count). The lowest BCUT2D eigenvalue weighted by Gasteiger charge is -2.24. The van der Waals surface area contributed by atoms with Gasteiger partial charge in [-0.1, -0.05) is 6.92 Å². The second-order valence-electron chi connectivity index (χ2n) is 5.17. The number of aromatic nitrogens is 2. The van der Waals surface area contributed by atoms with Crippen molar-refractivity contribution < 1.29 is 18.3 Å². The first-order valence-corrected chi connectivity index (χ1v) is 8.41. The molecular formula is C13H23N3O4S. The molecule has 0 aromatic carbocycles. The van der Waals surface area contributed by atoms with Crippen molar-refractivity contribution in [2.75, 3.05) is 6.54 Å². The summed E-state index contributed by atoms with van der Waals surface area (Å²) in [6.45, 7) is 7.83. The smallest absolute Gasteiger partial charge is 0.304 e. The summed E-state index contributed by atoms with van der Waals surface area (Å²) in [5.74, 6) is -0.388. The number of aryl methyl sites for hydroxylation is 2. The van der Waals surface area contributed by atoms with Gasteiger partial charge in [-0.25, -0.2) is 13.4 Å². The second kappa shape index (κ2) is 7.04. The number of carboxylic acids is 1. The number of imidazole rings is 1. The summed E-state index contributed by atoms with van der Waals surface area (Å²) in [6, 6.07) is -0.328. The van der Waals surface area contributed by atoms with E-state index in [4.69, 9.17) is 5.11 Å². The van der Waals surface area contributed by atoms with E-state index in [1.54, 1.807) is 25.3 Å². The lowest BCUT2D eigenvalue weighted by atomic mass is 10.3. The predicted molar refractivity (Wildman–Crippen MR) is 78.5 cm³/mol. The molecule has 0 saturated carbocycles. The highest BCUT2D eigenvalue weighted by Crippen LogP contribution is 2.18. The molecule has 8 heteroatoms. The standard InChI is InChI=1S/C13H23N3O4S/c1-5-7-15-9-12(14-11(15)4)21(19,20)16(10(2)3)8-6-13(17)18/h9-10H,5-8H2,1-4H3,(H,17,18). The lowest BCUT2D eigenvalue weighted by Crippen LogP contribution is -2.38. The van der Waals surface area contributed by atoms with Crippen LogP contribution in [-0.2, 0) is 21.4 Å². The topological polar surface area (TPSA) is 92.5 Å². The van der Waals surface area contributed by atoms with Gasteiger partial charge in [0.1, 0.15) is 5.82 Å². The highest BCUT2D eigenvalue weighted by atomic mass is 32.2. The maximum absolute atomic E-state index is 12.6. The van der Waals surface area contributed by atoms with E-state index in [-0.39, 0.29) is 24.0 Å². The molecule has 1 aromatic rings. The Morgan fingerprint density at radius 3 is 2.57 bits per heavy atom. The van der Waals surface area contributed by atoms with E-state index < -0.39 is 16.0 Å². The average molecular weight is 317 g/mol. The van der Waals surface area contributed by atoms with E-state index in [2.05, 4.69) is 4.98 Å². The summed E-state index contributed by atoms with van der Waals surface area (Å²) in [4.78, 5) is 14.8. The number of carbonyl (C=O) groups is 1. The van der Waals surface area contributed by atoms with E-state index in [0.717, 1.165) is 6.42 Å². The average Bonchev–Trinajstić information content (AvgIpc) is 2.71. The van der Waals surface area contributed by atoms with Crippen molar-refractivity contribution in [1.29, 1.82) is 0 Å². The fourth-order valence-corrected chi connectivity index (χ4v) is 3.69. The van der Waals surface area contributed by atoms with Crippen molar-refractivity contribution in [1.82, 2.24) is 13.9 Å². The fourth-order valence-electron chi connectivity index (χ4n) is 2.05. The number of hydrogen-bond acceptors (Lipinski definition) is 4. The van der Waals surface area contributed by atoms with Crippen LogP contribution in [0, 0.1) is 6.92 Å². The summed E-state index contributed by atoms with van der Waals surface area (Å²) in [5, 5.41) is 8.74. The van der Waals surface area contributed by atoms with Gasteiger partial charge >= 0.3 is 5.97 Å².